The van der Waals surface area contributed by atoms with Gasteiger partial charge in [-0.2, -0.15) is 4.31 Å². The zero-order valence-corrected chi connectivity index (χ0v) is 17.0. The van der Waals surface area contributed by atoms with Gasteiger partial charge in [0.05, 0.1) is 10.0 Å². The molecule has 0 unspecified atom stereocenters. The predicted octanol–water partition coefficient (Wildman–Crippen LogP) is 3.04. The molecule has 0 N–H and O–H groups in total. The summed E-state index contributed by atoms with van der Waals surface area (Å²) in [5.74, 6) is -0.904. The zero-order valence-electron chi connectivity index (χ0n) is 14.6. The van der Waals surface area contributed by atoms with E-state index in [9.17, 15) is 17.6 Å². The average Bonchev–Trinajstić information content (AvgIpc) is 2.69. The molecule has 0 atom stereocenters. The topological polar surface area (TPSA) is 66.9 Å². The van der Waals surface area contributed by atoms with E-state index in [1.165, 1.54) is 45.6 Å². The lowest BCUT2D eigenvalue weighted by Crippen LogP contribution is -2.51. The molecule has 1 amide bonds. The van der Waals surface area contributed by atoms with Crippen LogP contribution >= 0.6 is 23.2 Å². The SMILES string of the molecule is O=C(COc1ccccc1F)N1CCN(S(=O)(=O)c2cccc(Cl)c2Cl)CC1. The van der Waals surface area contributed by atoms with Crippen LogP contribution in [0.15, 0.2) is 47.4 Å². The molecule has 2 aromatic carbocycles. The molecule has 0 aliphatic carbocycles. The Morgan fingerprint density at radius 1 is 1.04 bits per heavy atom. The lowest BCUT2D eigenvalue weighted by atomic mass is 10.3. The van der Waals surface area contributed by atoms with Gasteiger partial charge in [0, 0.05) is 26.2 Å². The smallest absolute Gasteiger partial charge is 0.260 e. The van der Waals surface area contributed by atoms with Gasteiger partial charge in [0.1, 0.15) is 4.90 Å². The van der Waals surface area contributed by atoms with Gasteiger partial charge in [0.25, 0.3) is 5.91 Å². The van der Waals surface area contributed by atoms with E-state index in [4.69, 9.17) is 27.9 Å². The van der Waals surface area contributed by atoms with E-state index < -0.39 is 15.8 Å². The number of hydrogen-bond donors (Lipinski definition) is 0. The monoisotopic (exact) mass is 446 g/mol. The van der Waals surface area contributed by atoms with E-state index in [-0.39, 0.29) is 59.4 Å². The van der Waals surface area contributed by atoms with Gasteiger partial charge in [-0.05, 0) is 24.3 Å². The van der Waals surface area contributed by atoms with Crippen molar-refractivity contribution in [2.75, 3.05) is 32.8 Å². The highest BCUT2D eigenvalue weighted by Crippen LogP contribution is 2.31. The Morgan fingerprint density at radius 2 is 1.71 bits per heavy atom. The number of ether oxygens (including phenoxy) is 1. The molecule has 6 nitrogen and oxygen atoms in total. The van der Waals surface area contributed by atoms with Crippen molar-refractivity contribution in [3.8, 4) is 5.75 Å². The second-order valence-corrected chi connectivity index (χ2v) is 8.75. The number of benzene rings is 2. The highest BCUT2D eigenvalue weighted by molar-refractivity contribution is 7.89. The van der Waals surface area contributed by atoms with Gasteiger partial charge >= 0.3 is 0 Å². The number of para-hydroxylation sites is 1. The highest BCUT2D eigenvalue weighted by atomic mass is 35.5. The summed E-state index contributed by atoms with van der Waals surface area (Å²) in [7, 11) is -3.83. The number of carbonyl (C=O) groups excluding carboxylic acids is 1. The van der Waals surface area contributed by atoms with E-state index in [2.05, 4.69) is 0 Å². The fourth-order valence-corrected chi connectivity index (χ4v) is 4.95. The van der Waals surface area contributed by atoms with Crippen LogP contribution in [0.1, 0.15) is 0 Å². The van der Waals surface area contributed by atoms with E-state index >= 15 is 0 Å². The Balaban J connectivity index is 1.60. The lowest BCUT2D eigenvalue weighted by molar-refractivity contribution is -0.134. The van der Waals surface area contributed by atoms with Crippen molar-refractivity contribution in [2.24, 2.45) is 0 Å². The molecular weight excluding hydrogens is 430 g/mol. The second-order valence-electron chi connectivity index (χ2n) is 6.06. The lowest BCUT2D eigenvalue weighted by Gasteiger charge is -2.34. The normalized spacial score (nSPS) is 15.5. The van der Waals surface area contributed by atoms with Crippen LogP contribution in [0.2, 0.25) is 10.0 Å². The summed E-state index contributed by atoms with van der Waals surface area (Å²) in [6.07, 6.45) is 0. The minimum absolute atomic E-state index is 0.00679. The summed E-state index contributed by atoms with van der Waals surface area (Å²) in [5.41, 5.74) is 0. The fourth-order valence-electron chi connectivity index (χ4n) is 2.79. The van der Waals surface area contributed by atoms with Gasteiger partial charge in [-0.15, -0.1) is 0 Å². The minimum Gasteiger partial charge on any atom is -0.481 e. The van der Waals surface area contributed by atoms with Crippen molar-refractivity contribution < 1.29 is 22.3 Å². The van der Waals surface area contributed by atoms with Crippen LogP contribution in [0.3, 0.4) is 0 Å². The number of amides is 1. The summed E-state index contributed by atoms with van der Waals surface area (Å²) in [6.45, 7) is 0.273. The third-order valence-corrected chi connectivity index (χ3v) is 7.19. The Hall–Kier alpha value is -1.87. The summed E-state index contributed by atoms with van der Waals surface area (Å²) >= 11 is 12.0. The van der Waals surface area contributed by atoms with Gasteiger partial charge < -0.3 is 9.64 Å². The van der Waals surface area contributed by atoms with Crippen molar-refractivity contribution in [1.82, 2.24) is 9.21 Å². The van der Waals surface area contributed by atoms with Gasteiger partial charge in [-0.1, -0.05) is 41.4 Å². The molecule has 1 fully saturated rings. The molecule has 0 bridgehead atoms. The van der Waals surface area contributed by atoms with Crippen LogP contribution in [-0.2, 0) is 14.8 Å². The van der Waals surface area contributed by atoms with E-state index in [0.29, 0.717) is 0 Å². The van der Waals surface area contributed by atoms with Crippen molar-refractivity contribution in [2.45, 2.75) is 4.90 Å². The van der Waals surface area contributed by atoms with Crippen molar-refractivity contribution >= 4 is 39.1 Å². The Kier molecular flexibility index (Phi) is 6.44. The third-order valence-electron chi connectivity index (χ3n) is 4.31. The minimum atomic E-state index is -3.83. The van der Waals surface area contributed by atoms with Crippen LogP contribution in [0, 0.1) is 5.82 Å². The van der Waals surface area contributed by atoms with Crippen molar-refractivity contribution in [1.29, 1.82) is 0 Å². The molecule has 1 heterocycles. The number of rotatable bonds is 5. The molecule has 1 aliphatic rings. The standard InChI is InChI=1S/C18H17Cl2FN2O4S/c19-13-4-3-7-16(18(13)20)28(25,26)23-10-8-22(9-11-23)17(24)12-27-15-6-2-1-5-14(15)21/h1-7H,8-12H2. The Labute approximate surface area is 172 Å². The van der Waals surface area contributed by atoms with Crippen LogP contribution in [0.5, 0.6) is 5.75 Å². The van der Waals surface area contributed by atoms with Gasteiger partial charge in [-0.3, -0.25) is 4.79 Å². The number of sulfonamides is 1. The van der Waals surface area contributed by atoms with E-state index in [1.54, 1.807) is 6.07 Å². The molecule has 0 radical (unpaired) electrons. The summed E-state index contributed by atoms with van der Waals surface area (Å²) in [5, 5.41) is 0.128. The largest absolute Gasteiger partial charge is 0.481 e. The van der Waals surface area contributed by atoms with E-state index in [1.807, 2.05) is 0 Å². The van der Waals surface area contributed by atoms with Gasteiger partial charge in [0.2, 0.25) is 10.0 Å². The van der Waals surface area contributed by atoms with Crippen LogP contribution < -0.4 is 4.74 Å². The maximum atomic E-state index is 13.5. The first kappa shape index (κ1) is 20.9. The van der Waals surface area contributed by atoms with Crippen molar-refractivity contribution in [3.05, 3.63) is 58.3 Å². The van der Waals surface area contributed by atoms with Crippen molar-refractivity contribution in [3.63, 3.8) is 0 Å². The first-order valence-corrected chi connectivity index (χ1v) is 10.6. The number of hydrogen-bond acceptors (Lipinski definition) is 4. The predicted molar refractivity (Wildman–Crippen MR) is 104 cm³/mol. The quantitative estimate of drug-likeness (QED) is 0.707. The molecule has 2 aromatic rings. The number of piperazine rings is 1. The number of halogens is 3. The molecule has 0 saturated carbocycles. The molecule has 0 aromatic heterocycles. The Bertz CT molecular complexity index is 979. The molecule has 1 saturated heterocycles. The van der Waals surface area contributed by atoms with Crippen LogP contribution in [-0.4, -0.2) is 56.3 Å². The fraction of sp³-hybridized carbons (Fsp3) is 0.278. The Morgan fingerprint density at radius 3 is 2.39 bits per heavy atom. The van der Waals surface area contributed by atoms with Crippen LogP contribution in [0.25, 0.3) is 0 Å². The molecule has 10 heteroatoms. The first-order valence-electron chi connectivity index (χ1n) is 8.40. The summed E-state index contributed by atoms with van der Waals surface area (Å²) in [6, 6.07) is 10.2. The molecule has 28 heavy (non-hydrogen) atoms. The average molecular weight is 447 g/mol. The first-order chi connectivity index (χ1) is 13.3. The maximum Gasteiger partial charge on any atom is 0.260 e. The van der Waals surface area contributed by atoms with E-state index in [0.717, 1.165) is 0 Å². The van der Waals surface area contributed by atoms with Gasteiger partial charge in [-0.25, -0.2) is 12.8 Å². The third kappa shape index (κ3) is 4.41. The number of nitrogens with zero attached hydrogens (tertiary/aromatic N) is 2. The summed E-state index contributed by atoms with van der Waals surface area (Å²) < 4.78 is 45.6. The molecule has 1 aliphatic heterocycles. The molecule has 150 valence electrons. The number of carbonyl (C=O) groups is 1. The summed E-state index contributed by atoms with van der Waals surface area (Å²) in [4.78, 5) is 13.7. The molecule has 3 rings (SSSR count). The second kappa shape index (κ2) is 8.65. The van der Waals surface area contributed by atoms with Crippen LogP contribution in [0.4, 0.5) is 4.39 Å². The maximum absolute atomic E-state index is 13.5. The molecular formula is C18H17Cl2FN2O4S. The van der Waals surface area contributed by atoms with Gasteiger partial charge in [0.15, 0.2) is 18.2 Å². The highest BCUT2D eigenvalue weighted by Gasteiger charge is 2.32. The molecule has 0 spiro atoms. The zero-order chi connectivity index (χ0) is 20.3.